The number of rotatable bonds is 6. The van der Waals surface area contributed by atoms with Crippen molar-refractivity contribution >= 4 is 11.6 Å². The molecule has 2 rings (SSSR count). The zero-order chi connectivity index (χ0) is 15.1. The summed E-state index contributed by atoms with van der Waals surface area (Å²) >= 11 is 5.97. The van der Waals surface area contributed by atoms with Gasteiger partial charge in [-0.3, -0.25) is 0 Å². The highest BCUT2D eigenvalue weighted by molar-refractivity contribution is 6.30. The third-order valence-corrected chi connectivity index (χ3v) is 3.54. The van der Waals surface area contributed by atoms with E-state index in [-0.39, 0.29) is 5.92 Å². The van der Waals surface area contributed by atoms with Crippen molar-refractivity contribution in [2.45, 2.75) is 25.7 Å². The first-order chi connectivity index (χ1) is 10.2. The maximum atomic E-state index is 9.29. The fourth-order valence-corrected chi connectivity index (χ4v) is 2.41. The summed E-state index contributed by atoms with van der Waals surface area (Å²) in [7, 11) is 0. The van der Waals surface area contributed by atoms with Gasteiger partial charge in [0.05, 0.1) is 18.6 Å². The lowest BCUT2D eigenvalue weighted by molar-refractivity contribution is 0.305. The van der Waals surface area contributed by atoms with Gasteiger partial charge in [-0.05, 0) is 55.2 Å². The Morgan fingerprint density at radius 1 is 1.19 bits per heavy atom. The zero-order valence-electron chi connectivity index (χ0n) is 12.1. The highest BCUT2D eigenvalue weighted by Crippen LogP contribution is 2.23. The molecule has 1 atom stereocenters. The lowest BCUT2D eigenvalue weighted by Crippen LogP contribution is -2.02. The van der Waals surface area contributed by atoms with Gasteiger partial charge in [0.1, 0.15) is 5.75 Å². The molecule has 0 aliphatic rings. The summed E-state index contributed by atoms with van der Waals surface area (Å²) in [6.45, 7) is 2.65. The van der Waals surface area contributed by atoms with Crippen LogP contribution in [0.5, 0.6) is 5.75 Å². The van der Waals surface area contributed by atoms with Crippen LogP contribution in [-0.4, -0.2) is 6.61 Å². The third-order valence-electron chi connectivity index (χ3n) is 3.30. The number of aryl methyl sites for hydroxylation is 1. The summed E-state index contributed by atoms with van der Waals surface area (Å²) in [5, 5.41) is 9.96. The van der Waals surface area contributed by atoms with Gasteiger partial charge in [-0.25, -0.2) is 0 Å². The first-order valence-corrected chi connectivity index (χ1v) is 7.41. The summed E-state index contributed by atoms with van der Waals surface area (Å²) in [5.41, 5.74) is 2.15. The smallest absolute Gasteiger partial charge is 0.119 e. The maximum absolute atomic E-state index is 9.29. The highest BCUT2D eigenvalue weighted by Gasteiger charge is 2.10. The van der Waals surface area contributed by atoms with Gasteiger partial charge in [-0.15, -0.1) is 0 Å². The van der Waals surface area contributed by atoms with E-state index in [4.69, 9.17) is 16.3 Å². The predicted molar refractivity (Wildman–Crippen MR) is 85.7 cm³/mol. The molecule has 0 radical (unpaired) electrons. The van der Waals surface area contributed by atoms with Crippen molar-refractivity contribution in [3.05, 3.63) is 64.7 Å². The van der Waals surface area contributed by atoms with Crippen LogP contribution in [0.15, 0.2) is 48.5 Å². The molecule has 0 aromatic heterocycles. The Morgan fingerprint density at radius 2 is 2.00 bits per heavy atom. The van der Waals surface area contributed by atoms with Gasteiger partial charge in [0.25, 0.3) is 0 Å². The van der Waals surface area contributed by atoms with Crippen LogP contribution in [-0.2, 0) is 0 Å². The maximum Gasteiger partial charge on any atom is 0.119 e. The predicted octanol–water partition coefficient (Wildman–Crippen LogP) is 5.11. The number of halogens is 1. The van der Waals surface area contributed by atoms with Crippen LogP contribution in [0.1, 0.15) is 29.9 Å². The number of benzene rings is 2. The van der Waals surface area contributed by atoms with Gasteiger partial charge in [-0.1, -0.05) is 35.9 Å². The Morgan fingerprint density at radius 3 is 2.71 bits per heavy atom. The molecule has 2 nitrogen and oxygen atoms in total. The quantitative estimate of drug-likeness (QED) is 0.694. The van der Waals surface area contributed by atoms with Crippen LogP contribution >= 0.6 is 11.6 Å². The monoisotopic (exact) mass is 299 g/mol. The Hall–Kier alpha value is -1.98. The second-order valence-electron chi connectivity index (χ2n) is 5.04. The van der Waals surface area contributed by atoms with Gasteiger partial charge in [-0.2, -0.15) is 5.26 Å². The Labute approximate surface area is 130 Å². The molecular formula is C18H18ClNO. The molecule has 0 aliphatic heterocycles. The summed E-state index contributed by atoms with van der Waals surface area (Å²) in [5.74, 6) is 0.746. The Bertz CT molecular complexity index is 633. The van der Waals surface area contributed by atoms with Gasteiger partial charge in [0.2, 0.25) is 0 Å². The van der Waals surface area contributed by atoms with E-state index in [9.17, 15) is 5.26 Å². The van der Waals surface area contributed by atoms with Gasteiger partial charge in [0.15, 0.2) is 0 Å². The minimum Gasteiger partial charge on any atom is -0.494 e. The van der Waals surface area contributed by atoms with E-state index in [1.54, 1.807) is 0 Å². The standard InChI is InChI=1S/C18H18ClNO/c1-14-5-2-9-18(11-14)21-10-4-7-16(13-20)15-6-3-8-17(19)12-15/h2-3,5-6,8-9,11-12,16H,4,7,10H2,1H3. The highest BCUT2D eigenvalue weighted by atomic mass is 35.5. The first-order valence-electron chi connectivity index (χ1n) is 7.03. The van der Waals surface area contributed by atoms with Crippen molar-refractivity contribution in [2.24, 2.45) is 0 Å². The molecule has 3 heteroatoms. The summed E-state index contributed by atoms with van der Waals surface area (Å²) < 4.78 is 5.71. The molecule has 1 unspecified atom stereocenters. The SMILES string of the molecule is Cc1cccc(OCCCC(C#N)c2cccc(Cl)c2)c1. The van der Waals surface area contributed by atoms with Crippen molar-refractivity contribution in [3.8, 4) is 11.8 Å². The van der Waals surface area contributed by atoms with E-state index >= 15 is 0 Å². The average Bonchev–Trinajstić information content (AvgIpc) is 2.47. The fraction of sp³-hybridized carbons (Fsp3) is 0.278. The normalized spacial score (nSPS) is 11.7. The van der Waals surface area contributed by atoms with Crippen molar-refractivity contribution in [1.82, 2.24) is 0 Å². The average molecular weight is 300 g/mol. The van der Waals surface area contributed by atoms with Crippen LogP contribution in [0.3, 0.4) is 0 Å². The van der Waals surface area contributed by atoms with Gasteiger partial charge in [0, 0.05) is 5.02 Å². The molecule has 2 aromatic carbocycles. The zero-order valence-corrected chi connectivity index (χ0v) is 12.8. The molecule has 21 heavy (non-hydrogen) atoms. The molecular weight excluding hydrogens is 282 g/mol. The third kappa shape index (κ3) is 4.81. The largest absolute Gasteiger partial charge is 0.494 e. The van der Waals surface area contributed by atoms with Crippen molar-refractivity contribution in [2.75, 3.05) is 6.61 Å². The molecule has 0 N–H and O–H groups in total. The van der Waals surface area contributed by atoms with Crippen molar-refractivity contribution < 1.29 is 4.74 Å². The van der Waals surface area contributed by atoms with Crippen LogP contribution < -0.4 is 4.74 Å². The molecule has 2 aromatic rings. The van der Waals surface area contributed by atoms with Crippen LogP contribution in [0, 0.1) is 18.3 Å². The fourth-order valence-electron chi connectivity index (χ4n) is 2.21. The minimum absolute atomic E-state index is 0.134. The number of ether oxygens (including phenoxy) is 1. The van der Waals surface area contributed by atoms with E-state index in [2.05, 4.69) is 6.07 Å². The van der Waals surface area contributed by atoms with Crippen molar-refractivity contribution in [3.63, 3.8) is 0 Å². The van der Waals surface area contributed by atoms with Crippen molar-refractivity contribution in [1.29, 1.82) is 5.26 Å². The Balaban J connectivity index is 1.83. The first kappa shape index (κ1) is 15.4. The second-order valence-corrected chi connectivity index (χ2v) is 5.48. The minimum atomic E-state index is -0.134. The van der Waals surface area contributed by atoms with E-state index in [0.717, 1.165) is 24.2 Å². The molecule has 0 bridgehead atoms. The molecule has 0 aliphatic carbocycles. The van der Waals surface area contributed by atoms with E-state index in [0.29, 0.717) is 11.6 Å². The second kappa shape index (κ2) is 7.71. The number of nitriles is 1. The molecule has 0 amide bonds. The Kier molecular flexibility index (Phi) is 5.66. The van der Waals surface area contributed by atoms with Gasteiger partial charge < -0.3 is 4.74 Å². The van der Waals surface area contributed by atoms with Crippen LogP contribution in [0.25, 0.3) is 0 Å². The molecule has 0 saturated carbocycles. The van der Waals surface area contributed by atoms with Crippen LogP contribution in [0.4, 0.5) is 0 Å². The number of nitrogens with zero attached hydrogens (tertiary/aromatic N) is 1. The van der Waals surface area contributed by atoms with E-state index < -0.39 is 0 Å². The number of hydrogen-bond acceptors (Lipinski definition) is 2. The lowest BCUT2D eigenvalue weighted by Gasteiger charge is -2.11. The molecule has 0 spiro atoms. The molecule has 0 saturated heterocycles. The summed E-state index contributed by atoms with van der Waals surface area (Å²) in [6, 6.07) is 17.8. The summed E-state index contributed by atoms with van der Waals surface area (Å²) in [6.07, 6.45) is 1.60. The molecule has 0 heterocycles. The summed E-state index contributed by atoms with van der Waals surface area (Å²) in [4.78, 5) is 0. The van der Waals surface area contributed by atoms with E-state index in [1.807, 2.05) is 55.5 Å². The molecule has 0 fully saturated rings. The topological polar surface area (TPSA) is 33.0 Å². The van der Waals surface area contributed by atoms with Gasteiger partial charge >= 0.3 is 0 Å². The van der Waals surface area contributed by atoms with Crippen LogP contribution in [0.2, 0.25) is 5.02 Å². The van der Waals surface area contributed by atoms with E-state index in [1.165, 1.54) is 5.56 Å². The lowest BCUT2D eigenvalue weighted by atomic mass is 9.96. The number of hydrogen-bond donors (Lipinski definition) is 0. The molecule has 108 valence electrons.